The summed E-state index contributed by atoms with van der Waals surface area (Å²) in [5.74, 6) is 1.08. The highest BCUT2D eigenvalue weighted by atomic mass is 19.1. The van der Waals surface area contributed by atoms with E-state index in [1.54, 1.807) is 19.4 Å². The summed E-state index contributed by atoms with van der Waals surface area (Å²) in [6.45, 7) is 5.43. The first-order chi connectivity index (χ1) is 11.6. The Balaban J connectivity index is 2.07. The predicted molar refractivity (Wildman–Crippen MR) is 93.6 cm³/mol. The van der Waals surface area contributed by atoms with E-state index in [-0.39, 0.29) is 12.4 Å². The first-order valence-corrected chi connectivity index (χ1v) is 7.89. The van der Waals surface area contributed by atoms with Crippen molar-refractivity contribution in [3.05, 3.63) is 59.2 Å². The molecule has 0 unspecified atom stereocenters. The largest absolute Gasteiger partial charge is 0.496 e. The summed E-state index contributed by atoms with van der Waals surface area (Å²) < 4.78 is 19.0. The molecular weight excluding hydrogens is 307 g/mol. The average molecular weight is 330 g/mol. The van der Waals surface area contributed by atoms with Gasteiger partial charge in [0.25, 0.3) is 0 Å². The van der Waals surface area contributed by atoms with Crippen LogP contribution in [0.3, 0.4) is 0 Å². The van der Waals surface area contributed by atoms with Crippen LogP contribution < -0.4 is 15.4 Å². The van der Waals surface area contributed by atoms with Crippen LogP contribution >= 0.6 is 0 Å². The number of aryl methyl sites for hydroxylation is 1. The van der Waals surface area contributed by atoms with Crippen LogP contribution in [0.5, 0.6) is 5.75 Å². The van der Waals surface area contributed by atoms with E-state index in [1.165, 1.54) is 6.07 Å². The second-order valence-electron chi connectivity index (χ2n) is 5.30. The molecule has 0 spiro atoms. The molecule has 1 aromatic heterocycles. The van der Waals surface area contributed by atoms with Gasteiger partial charge in [0.2, 0.25) is 0 Å². The van der Waals surface area contributed by atoms with Crippen LogP contribution in [0, 0.1) is 12.7 Å². The van der Waals surface area contributed by atoms with Crippen molar-refractivity contribution in [2.75, 3.05) is 13.7 Å². The standard InChI is InChI=1S/C18H23FN4O/c1-4-20-18(23-12-16-15(19)6-5-9-21-16)22-11-14-8-7-13(2)10-17(14)24-3/h5-10H,4,11-12H2,1-3H3,(H2,20,22,23). The number of nitrogens with zero attached hydrogens (tertiary/aromatic N) is 2. The molecule has 0 radical (unpaired) electrons. The van der Waals surface area contributed by atoms with Crippen molar-refractivity contribution < 1.29 is 9.13 Å². The van der Waals surface area contributed by atoms with Crippen molar-refractivity contribution in [2.24, 2.45) is 4.99 Å². The molecule has 2 N–H and O–H groups in total. The van der Waals surface area contributed by atoms with Crippen LogP contribution in [0.15, 0.2) is 41.5 Å². The highest BCUT2D eigenvalue weighted by Gasteiger charge is 2.06. The number of aliphatic imine (C=N–C) groups is 1. The van der Waals surface area contributed by atoms with E-state index in [1.807, 2.05) is 32.0 Å². The lowest BCUT2D eigenvalue weighted by Crippen LogP contribution is -2.37. The summed E-state index contributed by atoms with van der Waals surface area (Å²) in [6.07, 6.45) is 1.57. The van der Waals surface area contributed by atoms with E-state index in [0.29, 0.717) is 24.7 Å². The third kappa shape index (κ3) is 4.94. The zero-order valence-corrected chi connectivity index (χ0v) is 14.3. The lowest BCUT2D eigenvalue weighted by Gasteiger charge is -2.12. The third-order valence-corrected chi connectivity index (χ3v) is 3.45. The van der Waals surface area contributed by atoms with Gasteiger partial charge < -0.3 is 15.4 Å². The number of hydrogen-bond acceptors (Lipinski definition) is 3. The van der Waals surface area contributed by atoms with Gasteiger partial charge >= 0.3 is 0 Å². The summed E-state index contributed by atoms with van der Waals surface area (Å²) in [5.41, 5.74) is 2.48. The van der Waals surface area contributed by atoms with Crippen LogP contribution in [-0.4, -0.2) is 24.6 Å². The van der Waals surface area contributed by atoms with Gasteiger partial charge in [0.15, 0.2) is 5.96 Å². The average Bonchev–Trinajstić information content (AvgIpc) is 2.59. The molecule has 1 heterocycles. The van der Waals surface area contributed by atoms with Crippen molar-refractivity contribution in [3.8, 4) is 5.75 Å². The quantitative estimate of drug-likeness (QED) is 0.632. The summed E-state index contributed by atoms with van der Waals surface area (Å²) >= 11 is 0. The molecule has 0 fully saturated rings. The molecule has 0 aliphatic heterocycles. The van der Waals surface area contributed by atoms with Crippen LogP contribution in [0.2, 0.25) is 0 Å². The first-order valence-electron chi connectivity index (χ1n) is 7.89. The van der Waals surface area contributed by atoms with E-state index >= 15 is 0 Å². The maximum absolute atomic E-state index is 13.6. The number of guanidine groups is 1. The highest BCUT2D eigenvalue weighted by molar-refractivity contribution is 5.79. The summed E-state index contributed by atoms with van der Waals surface area (Å²) in [6, 6.07) is 8.97. The fraction of sp³-hybridized carbons (Fsp3) is 0.333. The Kier molecular flexibility index (Phi) is 6.54. The normalized spacial score (nSPS) is 11.2. The van der Waals surface area contributed by atoms with Gasteiger partial charge in [0.05, 0.1) is 25.9 Å². The molecule has 0 aliphatic carbocycles. The van der Waals surface area contributed by atoms with Crippen molar-refractivity contribution in [2.45, 2.75) is 26.9 Å². The van der Waals surface area contributed by atoms with Crippen molar-refractivity contribution in [1.29, 1.82) is 0 Å². The Labute approximate surface area is 142 Å². The van der Waals surface area contributed by atoms with Gasteiger partial charge in [-0.05, 0) is 37.6 Å². The minimum atomic E-state index is -0.332. The fourth-order valence-electron chi connectivity index (χ4n) is 2.20. The molecule has 2 rings (SSSR count). The van der Waals surface area contributed by atoms with E-state index in [0.717, 1.165) is 16.9 Å². The van der Waals surface area contributed by atoms with Crippen LogP contribution in [0.25, 0.3) is 0 Å². The molecule has 0 atom stereocenters. The van der Waals surface area contributed by atoms with Gasteiger partial charge in [0, 0.05) is 18.3 Å². The number of aromatic nitrogens is 1. The number of pyridine rings is 1. The summed E-state index contributed by atoms with van der Waals surface area (Å²) in [5, 5.41) is 6.23. The minimum Gasteiger partial charge on any atom is -0.496 e. The SMILES string of the molecule is CCNC(=NCc1ccc(C)cc1OC)NCc1ncccc1F. The maximum Gasteiger partial charge on any atom is 0.191 e. The molecule has 128 valence electrons. The van der Waals surface area contributed by atoms with Crippen LogP contribution in [-0.2, 0) is 13.1 Å². The smallest absolute Gasteiger partial charge is 0.191 e. The number of halogens is 1. The number of nitrogens with one attached hydrogen (secondary N) is 2. The zero-order valence-electron chi connectivity index (χ0n) is 14.3. The number of rotatable bonds is 6. The van der Waals surface area contributed by atoms with Crippen LogP contribution in [0.4, 0.5) is 4.39 Å². The Morgan fingerprint density at radius 3 is 2.83 bits per heavy atom. The topological polar surface area (TPSA) is 58.5 Å². The molecule has 0 bridgehead atoms. The molecule has 0 saturated heterocycles. The van der Waals surface area contributed by atoms with Gasteiger partial charge in [-0.2, -0.15) is 0 Å². The highest BCUT2D eigenvalue weighted by Crippen LogP contribution is 2.20. The first kappa shape index (κ1) is 17.7. The minimum absolute atomic E-state index is 0.267. The van der Waals surface area contributed by atoms with E-state index < -0.39 is 0 Å². The molecule has 5 nitrogen and oxygen atoms in total. The van der Waals surface area contributed by atoms with Gasteiger partial charge in [-0.1, -0.05) is 12.1 Å². The number of benzene rings is 1. The lowest BCUT2D eigenvalue weighted by atomic mass is 10.1. The Morgan fingerprint density at radius 1 is 1.29 bits per heavy atom. The molecule has 0 saturated carbocycles. The molecule has 1 aromatic carbocycles. The second-order valence-corrected chi connectivity index (χ2v) is 5.30. The van der Waals surface area contributed by atoms with Gasteiger partial charge in [-0.15, -0.1) is 0 Å². The maximum atomic E-state index is 13.6. The fourth-order valence-corrected chi connectivity index (χ4v) is 2.20. The Morgan fingerprint density at radius 2 is 2.12 bits per heavy atom. The number of hydrogen-bond donors (Lipinski definition) is 2. The second kappa shape index (κ2) is 8.86. The van der Waals surface area contributed by atoms with Crippen molar-refractivity contribution >= 4 is 5.96 Å². The van der Waals surface area contributed by atoms with Crippen LogP contribution in [0.1, 0.15) is 23.7 Å². The van der Waals surface area contributed by atoms with Gasteiger partial charge in [-0.3, -0.25) is 4.98 Å². The molecule has 2 aromatic rings. The van der Waals surface area contributed by atoms with E-state index in [9.17, 15) is 4.39 Å². The summed E-state index contributed by atoms with van der Waals surface area (Å²) in [7, 11) is 1.65. The van der Waals surface area contributed by atoms with E-state index in [4.69, 9.17) is 4.74 Å². The molecular formula is C18H23FN4O. The Hall–Kier alpha value is -2.63. The molecule has 24 heavy (non-hydrogen) atoms. The Bertz CT molecular complexity index is 703. The van der Waals surface area contributed by atoms with Gasteiger partial charge in [0.1, 0.15) is 11.6 Å². The van der Waals surface area contributed by atoms with Crippen molar-refractivity contribution in [1.82, 2.24) is 15.6 Å². The molecule has 6 heteroatoms. The van der Waals surface area contributed by atoms with Gasteiger partial charge in [-0.25, -0.2) is 9.38 Å². The molecule has 0 amide bonds. The van der Waals surface area contributed by atoms with Crippen molar-refractivity contribution in [3.63, 3.8) is 0 Å². The predicted octanol–water partition coefficient (Wildman–Crippen LogP) is 2.79. The van der Waals surface area contributed by atoms with E-state index in [2.05, 4.69) is 20.6 Å². The summed E-state index contributed by atoms with van der Waals surface area (Å²) in [4.78, 5) is 8.56. The number of methoxy groups -OCH3 is 1. The monoisotopic (exact) mass is 330 g/mol. The molecule has 0 aliphatic rings. The number of ether oxygens (including phenoxy) is 1. The third-order valence-electron chi connectivity index (χ3n) is 3.45. The zero-order chi connectivity index (χ0) is 17.4. The lowest BCUT2D eigenvalue weighted by molar-refractivity contribution is 0.409.